The summed E-state index contributed by atoms with van der Waals surface area (Å²) in [6, 6.07) is 8.73. The van der Waals surface area contributed by atoms with Gasteiger partial charge >= 0.3 is 0 Å². The van der Waals surface area contributed by atoms with E-state index in [4.69, 9.17) is 9.47 Å². The van der Waals surface area contributed by atoms with Gasteiger partial charge in [-0.1, -0.05) is 0 Å². The first-order chi connectivity index (χ1) is 10.5. The Balaban J connectivity index is 1.86. The second kappa shape index (κ2) is 5.52. The number of fused-ring (bicyclic) bond motifs is 1. The summed E-state index contributed by atoms with van der Waals surface area (Å²) in [6.45, 7) is 1.45. The molecule has 0 N–H and O–H groups in total. The number of ketones is 2. The van der Waals surface area contributed by atoms with Crippen LogP contribution in [0, 0.1) is 0 Å². The molecule has 5 heteroatoms. The number of aryl methyl sites for hydroxylation is 1. The summed E-state index contributed by atoms with van der Waals surface area (Å²) in [4.78, 5) is 23.3. The van der Waals surface area contributed by atoms with Crippen LogP contribution in [0.25, 0.3) is 6.08 Å². The summed E-state index contributed by atoms with van der Waals surface area (Å²) in [5, 5.41) is 0. The standard InChI is InChI=1S/C17H15NO4/c1-11(19)10-21-13-5-6-14-15(9-13)22-16(17(14)20)8-12-4-3-7-18(12)2/h3-9H,10H2,1-2H3/b16-8+. The van der Waals surface area contributed by atoms with E-state index in [1.807, 2.05) is 29.9 Å². The molecular weight excluding hydrogens is 282 g/mol. The van der Waals surface area contributed by atoms with E-state index >= 15 is 0 Å². The largest absolute Gasteiger partial charge is 0.486 e. The highest BCUT2D eigenvalue weighted by Crippen LogP contribution is 2.34. The number of hydrogen-bond donors (Lipinski definition) is 0. The van der Waals surface area contributed by atoms with Crippen molar-refractivity contribution in [3.8, 4) is 11.5 Å². The molecule has 22 heavy (non-hydrogen) atoms. The first-order valence-electron chi connectivity index (χ1n) is 6.86. The fourth-order valence-corrected chi connectivity index (χ4v) is 2.20. The maximum Gasteiger partial charge on any atom is 0.232 e. The molecule has 2 aromatic rings. The summed E-state index contributed by atoms with van der Waals surface area (Å²) in [7, 11) is 1.90. The highest BCUT2D eigenvalue weighted by Gasteiger charge is 2.28. The van der Waals surface area contributed by atoms with Crippen LogP contribution in [0.3, 0.4) is 0 Å². The van der Waals surface area contributed by atoms with Gasteiger partial charge in [-0.2, -0.15) is 0 Å². The summed E-state index contributed by atoms with van der Waals surface area (Å²) in [5.41, 5.74) is 1.37. The van der Waals surface area contributed by atoms with Crippen LogP contribution in [0.1, 0.15) is 23.0 Å². The molecule has 1 aliphatic rings. The maximum absolute atomic E-state index is 12.3. The molecule has 0 amide bonds. The lowest BCUT2D eigenvalue weighted by Crippen LogP contribution is -2.06. The number of rotatable bonds is 4. The van der Waals surface area contributed by atoms with Gasteiger partial charge < -0.3 is 14.0 Å². The number of nitrogens with zero attached hydrogens (tertiary/aromatic N) is 1. The molecule has 2 heterocycles. The number of carbonyl (C=O) groups is 2. The maximum atomic E-state index is 12.3. The number of Topliss-reactive ketones (excluding diaryl/α,β-unsaturated/α-hetero) is 2. The van der Waals surface area contributed by atoms with Crippen molar-refractivity contribution < 1.29 is 19.1 Å². The first-order valence-corrected chi connectivity index (χ1v) is 6.86. The number of carbonyl (C=O) groups excluding carboxylic acids is 2. The zero-order valence-electron chi connectivity index (χ0n) is 12.3. The smallest absolute Gasteiger partial charge is 0.232 e. The van der Waals surface area contributed by atoms with Gasteiger partial charge in [-0.25, -0.2) is 0 Å². The van der Waals surface area contributed by atoms with Gasteiger partial charge in [0.1, 0.15) is 18.1 Å². The Hall–Kier alpha value is -2.82. The predicted molar refractivity (Wildman–Crippen MR) is 81.0 cm³/mol. The summed E-state index contributed by atoms with van der Waals surface area (Å²) in [5.74, 6) is 1.00. The minimum Gasteiger partial charge on any atom is -0.486 e. The molecule has 5 nitrogen and oxygen atoms in total. The van der Waals surface area contributed by atoms with Crippen LogP contribution in [0.15, 0.2) is 42.3 Å². The van der Waals surface area contributed by atoms with E-state index in [0.717, 1.165) is 5.69 Å². The van der Waals surface area contributed by atoms with E-state index in [0.29, 0.717) is 17.1 Å². The molecule has 0 bridgehead atoms. The molecular formula is C17H15NO4. The summed E-state index contributed by atoms with van der Waals surface area (Å²) in [6.07, 6.45) is 3.60. The van der Waals surface area contributed by atoms with Gasteiger partial charge in [0.2, 0.25) is 5.78 Å². The Morgan fingerprint density at radius 1 is 1.36 bits per heavy atom. The average molecular weight is 297 g/mol. The Morgan fingerprint density at radius 2 is 2.18 bits per heavy atom. The van der Waals surface area contributed by atoms with Gasteiger partial charge in [-0.05, 0) is 31.2 Å². The Kier molecular flexibility index (Phi) is 3.55. The number of hydrogen-bond acceptors (Lipinski definition) is 4. The number of aromatic nitrogens is 1. The molecule has 112 valence electrons. The SMILES string of the molecule is CC(=O)COc1ccc2c(c1)O/C(=C/c1cccn1C)C2=O. The Labute approximate surface area is 127 Å². The van der Waals surface area contributed by atoms with Crippen molar-refractivity contribution in [1.29, 1.82) is 0 Å². The van der Waals surface area contributed by atoms with Crippen molar-refractivity contribution in [2.24, 2.45) is 7.05 Å². The zero-order chi connectivity index (χ0) is 15.7. The van der Waals surface area contributed by atoms with E-state index in [9.17, 15) is 9.59 Å². The molecule has 0 spiro atoms. The van der Waals surface area contributed by atoms with Crippen LogP contribution in [0.2, 0.25) is 0 Å². The predicted octanol–water partition coefficient (Wildman–Crippen LogP) is 2.61. The van der Waals surface area contributed by atoms with Gasteiger partial charge in [-0.15, -0.1) is 0 Å². The second-order valence-corrected chi connectivity index (χ2v) is 5.13. The lowest BCUT2D eigenvalue weighted by Gasteiger charge is -2.05. The van der Waals surface area contributed by atoms with Crippen LogP contribution in [0.5, 0.6) is 11.5 Å². The topological polar surface area (TPSA) is 57.5 Å². The molecule has 0 saturated carbocycles. The first kappa shape index (κ1) is 14.1. The van der Waals surface area contributed by atoms with Crippen molar-refractivity contribution in [1.82, 2.24) is 4.57 Å². The van der Waals surface area contributed by atoms with Crippen LogP contribution < -0.4 is 9.47 Å². The molecule has 1 aromatic heterocycles. The van der Waals surface area contributed by atoms with Crippen LogP contribution in [0.4, 0.5) is 0 Å². The highest BCUT2D eigenvalue weighted by atomic mass is 16.5. The van der Waals surface area contributed by atoms with Gasteiger partial charge in [0.25, 0.3) is 0 Å². The third kappa shape index (κ3) is 2.65. The van der Waals surface area contributed by atoms with E-state index in [-0.39, 0.29) is 23.9 Å². The van der Waals surface area contributed by atoms with Gasteiger partial charge in [0.05, 0.1) is 5.56 Å². The Bertz CT molecular complexity index is 786. The molecule has 3 rings (SSSR count). The van der Waals surface area contributed by atoms with E-state index in [1.165, 1.54) is 6.92 Å². The molecule has 1 aromatic carbocycles. The minimum atomic E-state index is -0.158. The lowest BCUT2D eigenvalue weighted by molar-refractivity contribution is -0.118. The van der Waals surface area contributed by atoms with Crippen molar-refractivity contribution in [2.75, 3.05) is 6.61 Å². The zero-order valence-corrected chi connectivity index (χ0v) is 12.3. The van der Waals surface area contributed by atoms with Gasteiger partial charge in [0.15, 0.2) is 11.5 Å². The lowest BCUT2D eigenvalue weighted by atomic mass is 10.1. The third-order valence-electron chi connectivity index (χ3n) is 3.35. The van der Waals surface area contributed by atoms with E-state index < -0.39 is 0 Å². The van der Waals surface area contributed by atoms with Crippen molar-refractivity contribution in [3.05, 3.63) is 53.5 Å². The molecule has 0 saturated heterocycles. The fourth-order valence-electron chi connectivity index (χ4n) is 2.20. The van der Waals surface area contributed by atoms with Gasteiger partial charge in [0, 0.05) is 31.1 Å². The van der Waals surface area contributed by atoms with Crippen LogP contribution in [-0.4, -0.2) is 22.7 Å². The number of allylic oxidation sites excluding steroid dienone is 1. The molecule has 0 aliphatic carbocycles. The summed E-state index contributed by atoms with van der Waals surface area (Å²) < 4.78 is 12.8. The van der Waals surface area contributed by atoms with Crippen LogP contribution in [-0.2, 0) is 11.8 Å². The van der Waals surface area contributed by atoms with Crippen molar-refractivity contribution >= 4 is 17.6 Å². The Morgan fingerprint density at radius 3 is 2.86 bits per heavy atom. The molecule has 1 aliphatic heterocycles. The second-order valence-electron chi connectivity index (χ2n) is 5.13. The molecule has 0 atom stereocenters. The van der Waals surface area contributed by atoms with Gasteiger partial charge in [-0.3, -0.25) is 9.59 Å². The quantitative estimate of drug-likeness (QED) is 0.814. The molecule has 0 fully saturated rings. The molecule has 0 unspecified atom stereocenters. The highest BCUT2D eigenvalue weighted by molar-refractivity contribution is 6.14. The van der Waals surface area contributed by atoms with Crippen molar-refractivity contribution in [2.45, 2.75) is 6.92 Å². The fraction of sp³-hybridized carbons (Fsp3) is 0.176. The van der Waals surface area contributed by atoms with E-state index in [1.54, 1.807) is 24.3 Å². The van der Waals surface area contributed by atoms with Crippen molar-refractivity contribution in [3.63, 3.8) is 0 Å². The number of benzene rings is 1. The minimum absolute atomic E-state index is 0.00121. The number of ether oxygens (including phenoxy) is 2. The third-order valence-corrected chi connectivity index (χ3v) is 3.35. The van der Waals surface area contributed by atoms with Crippen LogP contribution >= 0.6 is 0 Å². The monoisotopic (exact) mass is 297 g/mol. The summed E-state index contributed by atoms with van der Waals surface area (Å²) >= 11 is 0. The molecule has 0 radical (unpaired) electrons. The normalized spacial score (nSPS) is 14.8. The average Bonchev–Trinajstić information content (AvgIpc) is 3.02. The van der Waals surface area contributed by atoms with E-state index in [2.05, 4.69) is 0 Å².